The third kappa shape index (κ3) is 4.35. The maximum absolute atomic E-state index is 12.5. The van der Waals surface area contributed by atoms with Crippen LogP contribution in [0.1, 0.15) is 26.3 Å². The summed E-state index contributed by atoms with van der Waals surface area (Å²) in [5, 5.41) is 0. The van der Waals surface area contributed by atoms with Crippen molar-refractivity contribution in [3.63, 3.8) is 0 Å². The van der Waals surface area contributed by atoms with Crippen molar-refractivity contribution in [3.05, 3.63) is 35.6 Å². The standard InChI is InChI=1S/C11H16FNO/c1-11(2,3)13-14-8-9-4-6-10(12)7-5-9/h4-7,13H,8H2,1-3H3. The molecule has 1 rings (SSSR count). The summed E-state index contributed by atoms with van der Waals surface area (Å²) in [6.07, 6.45) is 0. The molecule has 14 heavy (non-hydrogen) atoms. The average Bonchev–Trinajstić information content (AvgIpc) is 2.06. The molecule has 0 radical (unpaired) electrons. The first kappa shape index (κ1) is 11.1. The van der Waals surface area contributed by atoms with Gasteiger partial charge in [-0.25, -0.2) is 4.39 Å². The number of hydrogen-bond donors (Lipinski definition) is 1. The molecule has 0 spiro atoms. The van der Waals surface area contributed by atoms with Crippen molar-refractivity contribution in [2.75, 3.05) is 0 Å². The molecule has 78 valence electrons. The highest BCUT2D eigenvalue weighted by Gasteiger charge is 2.08. The largest absolute Gasteiger partial charge is 0.297 e. The van der Waals surface area contributed by atoms with Gasteiger partial charge in [0.25, 0.3) is 0 Å². The Bertz CT molecular complexity index is 276. The second-order valence-corrected chi connectivity index (χ2v) is 4.27. The quantitative estimate of drug-likeness (QED) is 0.752. The Morgan fingerprint density at radius 3 is 2.29 bits per heavy atom. The van der Waals surface area contributed by atoms with Gasteiger partial charge in [0.1, 0.15) is 5.82 Å². The lowest BCUT2D eigenvalue weighted by Crippen LogP contribution is -2.35. The van der Waals surface area contributed by atoms with Gasteiger partial charge in [-0.2, -0.15) is 5.48 Å². The summed E-state index contributed by atoms with van der Waals surface area (Å²) in [5.74, 6) is -0.225. The van der Waals surface area contributed by atoms with Crippen LogP contribution in [0.5, 0.6) is 0 Å². The second kappa shape index (κ2) is 4.53. The minimum absolute atomic E-state index is 0.0694. The molecule has 0 amide bonds. The van der Waals surface area contributed by atoms with Gasteiger partial charge in [-0.05, 0) is 38.5 Å². The van der Waals surface area contributed by atoms with Crippen LogP contribution in [0.3, 0.4) is 0 Å². The molecule has 0 aliphatic heterocycles. The zero-order valence-electron chi connectivity index (χ0n) is 8.80. The van der Waals surface area contributed by atoms with Gasteiger partial charge in [0.2, 0.25) is 0 Å². The van der Waals surface area contributed by atoms with E-state index in [0.29, 0.717) is 6.61 Å². The Labute approximate surface area is 84.0 Å². The first-order valence-corrected chi connectivity index (χ1v) is 4.61. The molecular formula is C11H16FNO. The fourth-order valence-corrected chi connectivity index (χ4v) is 0.917. The summed E-state index contributed by atoms with van der Waals surface area (Å²) in [6.45, 7) is 6.48. The Morgan fingerprint density at radius 2 is 1.79 bits per heavy atom. The lowest BCUT2D eigenvalue weighted by atomic mass is 10.1. The van der Waals surface area contributed by atoms with E-state index in [2.05, 4.69) is 5.48 Å². The molecule has 0 unspecified atom stereocenters. The van der Waals surface area contributed by atoms with E-state index in [1.54, 1.807) is 12.1 Å². The van der Waals surface area contributed by atoms with Crippen LogP contribution in [-0.4, -0.2) is 5.54 Å². The van der Waals surface area contributed by atoms with Crippen LogP contribution in [0.4, 0.5) is 4.39 Å². The van der Waals surface area contributed by atoms with Crippen LogP contribution in [0.15, 0.2) is 24.3 Å². The highest BCUT2D eigenvalue weighted by atomic mass is 19.1. The lowest BCUT2D eigenvalue weighted by Gasteiger charge is -2.19. The van der Waals surface area contributed by atoms with Gasteiger partial charge in [0, 0.05) is 5.54 Å². The molecule has 0 fully saturated rings. The third-order valence-electron chi connectivity index (χ3n) is 1.53. The molecule has 0 atom stereocenters. The zero-order valence-corrected chi connectivity index (χ0v) is 8.80. The summed E-state index contributed by atoms with van der Waals surface area (Å²) in [7, 11) is 0. The Kier molecular flexibility index (Phi) is 3.61. The van der Waals surface area contributed by atoms with Crippen molar-refractivity contribution in [1.82, 2.24) is 5.48 Å². The normalized spacial score (nSPS) is 11.7. The van der Waals surface area contributed by atoms with Gasteiger partial charge in [0.15, 0.2) is 0 Å². The predicted octanol–water partition coefficient (Wildman–Crippen LogP) is 2.65. The fourth-order valence-electron chi connectivity index (χ4n) is 0.917. The second-order valence-electron chi connectivity index (χ2n) is 4.27. The first-order valence-electron chi connectivity index (χ1n) is 4.61. The highest BCUT2D eigenvalue weighted by Crippen LogP contribution is 2.05. The molecule has 0 aromatic heterocycles. The highest BCUT2D eigenvalue weighted by molar-refractivity contribution is 5.14. The van der Waals surface area contributed by atoms with Gasteiger partial charge in [-0.1, -0.05) is 12.1 Å². The molecule has 3 heteroatoms. The molecular weight excluding hydrogens is 181 g/mol. The molecule has 1 aromatic rings. The summed E-state index contributed by atoms with van der Waals surface area (Å²) < 4.78 is 12.5. The molecule has 1 aromatic carbocycles. The van der Waals surface area contributed by atoms with Gasteiger partial charge >= 0.3 is 0 Å². The van der Waals surface area contributed by atoms with Crippen LogP contribution in [0, 0.1) is 5.82 Å². The molecule has 1 N–H and O–H groups in total. The molecule has 0 heterocycles. The number of halogens is 1. The SMILES string of the molecule is CC(C)(C)NOCc1ccc(F)cc1. The van der Waals surface area contributed by atoms with Crippen LogP contribution in [0.2, 0.25) is 0 Å². The van der Waals surface area contributed by atoms with Crippen molar-refractivity contribution >= 4 is 0 Å². The Balaban J connectivity index is 2.35. The third-order valence-corrected chi connectivity index (χ3v) is 1.53. The average molecular weight is 197 g/mol. The minimum atomic E-state index is -0.225. The van der Waals surface area contributed by atoms with E-state index in [-0.39, 0.29) is 11.4 Å². The van der Waals surface area contributed by atoms with Gasteiger partial charge < -0.3 is 0 Å². The number of nitrogens with one attached hydrogen (secondary N) is 1. The number of hydroxylamine groups is 1. The maximum atomic E-state index is 12.5. The first-order chi connectivity index (χ1) is 6.47. The van der Waals surface area contributed by atoms with Crippen LogP contribution in [0.25, 0.3) is 0 Å². The van der Waals surface area contributed by atoms with Crippen molar-refractivity contribution in [2.45, 2.75) is 32.9 Å². The van der Waals surface area contributed by atoms with Crippen molar-refractivity contribution in [3.8, 4) is 0 Å². The van der Waals surface area contributed by atoms with E-state index < -0.39 is 0 Å². The van der Waals surface area contributed by atoms with Crippen molar-refractivity contribution < 1.29 is 9.23 Å². The molecule has 0 aliphatic rings. The van der Waals surface area contributed by atoms with E-state index in [9.17, 15) is 4.39 Å². The van der Waals surface area contributed by atoms with Gasteiger partial charge in [0.05, 0.1) is 6.61 Å². The van der Waals surface area contributed by atoms with E-state index in [1.165, 1.54) is 12.1 Å². The predicted molar refractivity (Wildman–Crippen MR) is 54.1 cm³/mol. The number of benzene rings is 1. The molecule has 0 aliphatic carbocycles. The van der Waals surface area contributed by atoms with E-state index in [4.69, 9.17) is 4.84 Å². The molecule has 2 nitrogen and oxygen atoms in total. The summed E-state index contributed by atoms with van der Waals surface area (Å²) in [6, 6.07) is 6.27. The van der Waals surface area contributed by atoms with E-state index in [0.717, 1.165) is 5.56 Å². The molecule has 0 bridgehead atoms. The van der Waals surface area contributed by atoms with Crippen molar-refractivity contribution in [2.24, 2.45) is 0 Å². The number of rotatable bonds is 3. The van der Waals surface area contributed by atoms with Crippen molar-refractivity contribution in [1.29, 1.82) is 0 Å². The van der Waals surface area contributed by atoms with Crippen LogP contribution >= 0.6 is 0 Å². The Hall–Kier alpha value is -0.930. The van der Waals surface area contributed by atoms with Gasteiger partial charge in [-0.15, -0.1) is 0 Å². The van der Waals surface area contributed by atoms with Gasteiger partial charge in [-0.3, -0.25) is 4.84 Å². The zero-order chi connectivity index (χ0) is 10.6. The minimum Gasteiger partial charge on any atom is -0.297 e. The summed E-state index contributed by atoms with van der Waals surface area (Å²) >= 11 is 0. The fraction of sp³-hybridized carbons (Fsp3) is 0.455. The molecule has 0 saturated heterocycles. The van der Waals surface area contributed by atoms with E-state index in [1.807, 2.05) is 20.8 Å². The van der Waals surface area contributed by atoms with E-state index >= 15 is 0 Å². The maximum Gasteiger partial charge on any atom is 0.123 e. The van der Waals surface area contributed by atoms with Crippen LogP contribution in [-0.2, 0) is 11.4 Å². The van der Waals surface area contributed by atoms with Crippen LogP contribution < -0.4 is 5.48 Å². The lowest BCUT2D eigenvalue weighted by molar-refractivity contribution is -0.0174. The summed E-state index contributed by atoms with van der Waals surface area (Å²) in [4.78, 5) is 5.25. The smallest absolute Gasteiger partial charge is 0.123 e. The summed E-state index contributed by atoms with van der Waals surface area (Å²) in [5.41, 5.74) is 3.77. The number of hydrogen-bond acceptors (Lipinski definition) is 2. The monoisotopic (exact) mass is 197 g/mol. The molecule has 0 saturated carbocycles. The topological polar surface area (TPSA) is 21.3 Å². The Morgan fingerprint density at radius 1 is 1.21 bits per heavy atom.